The minimum absolute atomic E-state index is 0.374. The first-order chi connectivity index (χ1) is 10.5. The van der Waals surface area contributed by atoms with Gasteiger partial charge in [0.1, 0.15) is 11.9 Å². The van der Waals surface area contributed by atoms with Crippen LogP contribution in [-0.2, 0) is 0 Å². The van der Waals surface area contributed by atoms with Gasteiger partial charge in [-0.15, -0.1) is 11.3 Å². The fourth-order valence-corrected chi connectivity index (χ4v) is 4.14. The number of benzene rings is 1. The first-order valence-corrected chi connectivity index (χ1v) is 8.64. The molecule has 1 aromatic heterocycles. The topological polar surface area (TPSA) is 3.24 Å². The zero-order chi connectivity index (χ0) is 16.7. The van der Waals surface area contributed by atoms with Crippen molar-refractivity contribution in [1.29, 1.82) is 0 Å². The minimum atomic E-state index is -2.58. The van der Waals surface area contributed by atoms with E-state index in [-0.39, 0.29) is 0 Å². The van der Waals surface area contributed by atoms with Crippen LogP contribution in [0.3, 0.4) is 0 Å². The quantitative estimate of drug-likeness (QED) is 0.554. The molecule has 0 aliphatic carbocycles. The second-order valence-corrected chi connectivity index (χ2v) is 7.20. The van der Waals surface area contributed by atoms with Crippen LogP contribution < -0.4 is 0 Å². The summed E-state index contributed by atoms with van der Waals surface area (Å²) >= 11 is 8.34. The Bertz CT molecular complexity index is 560. The molecular formula is C15H17ClF3NS2. The van der Waals surface area contributed by atoms with E-state index in [9.17, 15) is 13.2 Å². The third-order valence-corrected chi connectivity index (χ3v) is 4.95. The molecule has 7 heteroatoms. The van der Waals surface area contributed by atoms with Crippen LogP contribution in [-0.4, -0.2) is 17.8 Å². The summed E-state index contributed by atoms with van der Waals surface area (Å²) in [4.78, 5) is 0. The maximum absolute atomic E-state index is 13.3. The molecule has 1 aromatic carbocycles. The third-order valence-electron chi connectivity index (χ3n) is 2.62. The number of halogens is 4. The Morgan fingerprint density at radius 1 is 1.09 bits per heavy atom. The van der Waals surface area contributed by atoms with Gasteiger partial charge < -0.3 is 0 Å². The average molecular weight is 368 g/mol. The van der Waals surface area contributed by atoms with Gasteiger partial charge in [0.05, 0.1) is 8.55 Å². The highest BCUT2D eigenvalue weighted by atomic mass is 35.5. The third kappa shape index (κ3) is 5.50. The second kappa shape index (κ2) is 9.45. The van der Waals surface area contributed by atoms with Crippen molar-refractivity contribution >= 4 is 34.9 Å². The molecule has 0 bridgehead atoms. The molecule has 0 aliphatic rings. The van der Waals surface area contributed by atoms with E-state index in [4.69, 9.17) is 11.6 Å². The summed E-state index contributed by atoms with van der Waals surface area (Å²) in [6.45, 7) is 4.00. The molecule has 0 saturated heterocycles. The molecule has 1 atom stereocenters. The van der Waals surface area contributed by atoms with Gasteiger partial charge in [-0.25, -0.2) is 17.5 Å². The summed E-state index contributed by atoms with van der Waals surface area (Å²) in [6.07, 6.45) is -2.58. The van der Waals surface area contributed by atoms with E-state index in [1.54, 1.807) is 19.2 Å². The van der Waals surface area contributed by atoms with Gasteiger partial charge >= 0.3 is 0 Å². The molecule has 1 unspecified atom stereocenters. The summed E-state index contributed by atoms with van der Waals surface area (Å²) < 4.78 is 42.3. The van der Waals surface area contributed by atoms with Crippen molar-refractivity contribution in [2.75, 3.05) is 7.05 Å². The predicted molar refractivity (Wildman–Crippen MR) is 89.4 cm³/mol. The van der Waals surface area contributed by atoms with Gasteiger partial charge in [0.2, 0.25) is 0 Å². The average Bonchev–Trinajstić information content (AvgIpc) is 2.88. The van der Waals surface area contributed by atoms with E-state index in [1.807, 2.05) is 13.8 Å². The van der Waals surface area contributed by atoms with Crippen LogP contribution in [0.4, 0.5) is 13.2 Å². The molecule has 0 N–H and O–H groups in total. The van der Waals surface area contributed by atoms with E-state index >= 15 is 0 Å². The molecule has 22 heavy (non-hydrogen) atoms. The number of hydrogen-bond acceptors (Lipinski definition) is 3. The fourth-order valence-electron chi connectivity index (χ4n) is 1.72. The van der Waals surface area contributed by atoms with Crippen molar-refractivity contribution < 1.29 is 13.2 Å². The summed E-state index contributed by atoms with van der Waals surface area (Å²) in [6, 6.07) is 7.52. The van der Waals surface area contributed by atoms with Crippen LogP contribution in [0.5, 0.6) is 0 Å². The molecule has 2 rings (SSSR count). The predicted octanol–water partition coefficient (Wildman–Crippen LogP) is 6.51. The monoisotopic (exact) mass is 367 g/mol. The van der Waals surface area contributed by atoms with Gasteiger partial charge in [0.15, 0.2) is 0 Å². The van der Waals surface area contributed by atoms with Crippen LogP contribution in [0, 0.1) is 5.82 Å². The maximum Gasteiger partial charge on any atom is 0.258 e. The summed E-state index contributed by atoms with van der Waals surface area (Å²) in [5, 5.41) is 0. The summed E-state index contributed by atoms with van der Waals surface area (Å²) in [7, 11) is 1.58. The molecule has 0 saturated carbocycles. The van der Waals surface area contributed by atoms with Crippen LogP contribution in [0.2, 0.25) is 4.34 Å². The van der Waals surface area contributed by atoms with Crippen molar-refractivity contribution in [2.45, 2.75) is 30.5 Å². The zero-order valence-corrected chi connectivity index (χ0v) is 14.8. The van der Waals surface area contributed by atoms with Crippen molar-refractivity contribution in [3.05, 3.63) is 52.1 Å². The molecule has 122 valence electrons. The lowest BCUT2D eigenvalue weighted by Gasteiger charge is -2.26. The maximum atomic E-state index is 13.3. The van der Waals surface area contributed by atoms with E-state index < -0.39 is 18.3 Å². The zero-order valence-electron chi connectivity index (χ0n) is 12.4. The Morgan fingerprint density at radius 2 is 1.68 bits per heavy atom. The highest BCUT2D eigenvalue weighted by Crippen LogP contribution is 2.38. The highest BCUT2D eigenvalue weighted by Gasteiger charge is 2.28. The van der Waals surface area contributed by atoms with Crippen molar-refractivity contribution in [3.63, 3.8) is 0 Å². The standard InChI is InChI=1S/C13H11ClF3NS2.C2H6/c1-18(20-11-7-6-10(14)19-11)12(13(16)17)8-2-4-9(15)5-3-8;1-2/h2-7,12-13H,1H3;1-2H3. The minimum Gasteiger partial charge on any atom is -0.236 e. The second-order valence-electron chi connectivity index (χ2n) is 4.03. The molecule has 1 heterocycles. The molecule has 0 radical (unpaired) electrons. The number of alkyl halides is 2. The van der Waals surface area contributed by atoms with Crippen LogP contribution in [0.25, 0.3) is 0 Å². The molecule has 2 aromatic rings. The smallest absolute Gasteiger partial charge is 0.236 e. The fraction of sp³-hybridized carbons (Fsp3) is 0.333. The Hall–Kier alpha value is -0.690. The number of nitrogens with zero attached hydrogens (tertiary/aromatic N) is 1. The first-order valence-electron chi connectivity index (χ1n) is 6.67. The Morgan fingerprint density at radius 3 is 2.14 bits per heavy atom. The van der Waals surface area contributed by atoms with Crippen LogP contribution >= 0.6 is 34.9 Å². The molecule has 0 fully saturated rings. The van der Waals surface area contributed by atoms with E-state index in [1.165, 1.54) is 51.9 Å². The first kappa shape index (κ1) is 19.4. The molecule has 0 amide bonds. The largest absolute Gasteiger partial charge is 0.258 e. The van der Waals surface area contributed by atoms with E-state index in [0.717, 1.165) is 4.21 Å². The van der Waals surface area contributed by atoms with Gasteiger partial charge in [-0.1, -0.05) is 37.6 Å². The van der Waals surface area contributed by atoms with Crippen LogP contribution in [0.15, 0.2) is 40.6 Å². The van der Waals surface area contributed by atoms with Gasteiger partial charge in [0.25, 0.3) is 6.43 Å². The van der Waals surface area contributed by atoms with Gasteiger partial charge in [-0.2, -0.15) is 0 Å². The van der Waals surface area contributed by atoms with Crippen LogP contribution in [0.1, 0.15) is 25.5 Å². The lowest BCUT2D eigenvalue weighted by molar-refractivity contribution is 0.0739. The van der Waals surface area contributed by atoms with Gasteiger partial charge in [-0.3, -0.25) is 0 Å². The van der Waals surface area contributed by atoms with Gasteiger partial charge in [0, 0.05) is 0 Å². The summed E-state index contributed by atoms with van der Waals surface area (Å²) in [5.41, 5.74) is 0.374. The number of thiophene rings is 1. The van der Waals surface area contributed by atoms with Gasteiger partial charge in [-0.05, 0) is 48.8 Å². The Labute approximate surface area is 142 Å². The lowest BCUT2D eigenvalue weighted by Crippen LogP contribution is -2.24. The van der Waals surface area contributed by atoms with E-state index in [2.05, 4.69) is 0 Å². The normalized spacial score (nSPS) is 12.2. The Kier molecular flexibility index (Phi) is 8.31. The lowest BCUT2D eigenvalue weighted by atomic mass is 10.1. The SMILES string of the molecule is CC.CN(Sc1ccc(Cl)s1)C(c1ccc(F)cc1)C(F)F. The number of rotatable bonds is 5. The highest BCUT2D eigenvalue weighted by molar-refractivity contribution is 7.99. The van der Waals surface area contributed by atoms with E-state index in [0.29, 0.717) is 9.90 Å². The summed E-state index contributed by atoms with van der Waals surface area (Å²) in [5.74, 6) is -0.442. The number of hydrogen-bond donors (Lipinski definition) is 0. The van der Waals surface area contributed by atoms with Crippen molar-refractivity contribution in [3.8, 4) is 0 Å². The molecule has 1 nitrogen and oxygen atoms in total. The molecular weight excluding hydrogens is 351 g/mol. The molecule has 0 spiro atoms. The Balaban J connectivity index is 0.00000116. The molecule has 0 aliphatic heterocycles. The van der Waals surface area contributed by atoms with Crippen molar-refractivity contribution in [2.24, 2.45) is 0 Å². The van der Waals surface area contributed by atoms with Crippen molar-refractivity contribution in [1.82, 2.24) is 4.31 Å².